The largest absolute Gasteiger partial charge is 0.399 e. The number of nitrogens with zero attached hydrogens (tertiary/aromatic N) is 1. The maximum Gasteiger partial charge on any atom is 0.106 e. The summed E-state index contributed by atoms with van der Waals surface area (Å²) in [6.45, 7) is 1.94. The van der Waals surface area contributed by atoms with Crippen molar-refractivity contribution in [2.45, 2.75) is 6.42 Å². The van der Waals surface area contributed by atoms with Gasteiger partial charge in [0.2, 0.25) is 0 Å². The fourth-order valence-electron chi connectivity index (χ4n) is 0.761. The molecule has 0 aromatic carbocycles. The van der Waals surface area contributed by atoms with Crippen molar-refractivity contribution in [3.8, 4) is 0 Å². The van der Waals surface area contributed by atoms with Gasteiger partial charge in [-0.3, -0.25) is 0 Å². The van der Waals surface area contributed by atoms with Crippen LogP contribution in [0.3, 0.4) is 0 Å². The average molecular weight is 114 g/mol. The number of hydrogen-bond acceptors (Lipinski definition) is 3. The monoisotopic (exact) mass is 114 g/mol. The minimum absolute atomic E-state index is 0.897. The molecule has 1 heterocycles. The van der Waals surface area contributed by atoms with Gasteiger partial charge in [-0.15, -0.1) is 0 Å². The van der Waals surface area contributed by atoms with Gasteiger partial charge >= 0.3 is 0 Å². The van der Waals surface area contributed by atoms with Gasteiger partial charge < -0.3 is 10.2 Å². The third-order valence-corrected chi connectivity index (χ3v) is 1.14. The van der Waals surface area contributed by atoms with Crippen LogP contribution in [0.1, 0.15) is 6.42 Å². The third-order valence-electron chi connectivity index (χ3n) is 1.14. The van der Waals surface area contributed by atoms with E-state index < -0.39 is 0 Å². The first-order valence-electron chi connectivity index (χ1n) is 2.73. The Morgan fingerprint density at radius 3 is 3.12 bits per heavy atom. The number of hydrogen-bond donors (Lipinski definition) is 1. The molecular formula is C5H10N2O. The molecule has 1 aliphatic heterocycles. The fraction of sp³-hybridized carbons (Fsp3) is 0.800. The quantitative estimate of drug-likeness (QED) is 0.486. The number of oxime groups is 1. The van der Waals surface area contributed by atoms with Crippen LogP contribution in [0.15, 0.2) is 5.16 Å². The Morgan fingerprint density at radius 2 is 2.62 bits per heavy atom. The molecule has 0 aliphatic carbocycles. The SMILES string of the molecule is CO/N=C1\CCNC1. The highest BCUT2D eigenvalue weighted by Gasteiger charge is 2.05. The summed E-state index contributed by atoms with van der Waals surface area (Å²) >= 11 is 0. The molecule has 1 aliphatic rings. The molecule has 0 spiro atoms. The van der Waals surface area contributed by atoms with Crippen molar-refractivity contribution >= 4 is 5.71 Å². The van der Waals surface area contributed by atoms with Crippen molar-refractivity contribution in [1.29, 1.82) is 0 Å². The Hall–Kier alpha value is -0.570. The van der Waals surface area contributed by atoms with E-state index in [1.807, 2.05) is 0 Å². The van der Waals surface area contributed by atoms with Crippen LogP contribution in [0, 0.1) is 0 Å². The van der Waals surface area contributed by atoms with Crippen molar-refractivity contribution in [3.63, 3.8) is 0 Å². The van der Waals surface area contributed by atoms with E-state index in [-0.39, 0.29) is 0 Å². The summed E-state index contributed by atoms with van der Waals surface area (Å²) in [7, 11) is 1.57. The van der Waals surface area contributed by atoms with Gasteiger partial charge in [0, 0.05) is 19.5 Å². The Bertz CT molecular complexity index is 92.6. The van der Waals surface area contributed by atoms with Gasteiger partial charge in [0.1, 0.15) is 7.11 Å². The molecular weight excluding hydrogens is 104 g/mol. The van der Waals surface area contributed by atoms with Crippen LogP contribution in [0.5, 0.6) is 0 Å². The van der Waals surface area contributed by atoms with Gasteiger partial charge in [-0.2, -0.15) is 0 Å². The van der Waals surface area contributed by atoms with Gasteiger partial charge in [0.05, 0.1) is 5.71 Å². The smallest absolute Gasteiger partial charge is 0.106 e. The second-order valence-electron chi connectivity index (χ2n) is 1.77. The highest BCUT2D eigenvalue weighted by Crippen LogP contribution is 1.91. The zero-order valence-electron chi connectivity index (χ0n) is 4.98. The maximum atomic E-state index is 4.57. The fourth-order valence-corrected chi connectivity index (χ4v) is 0.761. The summed E-state index contributed by atoms with van der Waals surface area (Å²) in [5.41, 5.74) is 1.12. The van der Waals surface area contributed by atoms with Crippen LogP contribution in [-0.2, 0) is 4.84 Å². The van der Waals surface area contributed by atoms with Crippen LogP contribution in [-0.4, -0.2) is 25.9 Å². The molecule has 0 unspecified atom stereocenters. The minimum atomic E-state index is 0.897. The minimum Gasteiger partial charge on any atom is -0.399 e. The van der Waals surface area contributed by atoms with Gasteiger partial charge in [-0.05, 0) is 0 Å². The van der Waals surface area contributed by atoms with Gasteiger partial charge in [-0.25, -0.2) is 0 Å². The van der Waals surface area contributed by atoms with E-state index in [1.54, 1.807) is 7.11 Å². The predicted octanol–water partition coefficient (Wildman–Crippen LogP) is -0.0179. The van der Waals surface area contributed by atoms with Crippen LogP contribution in [0.4, 0.5) is 0 Å². The molecule has 0 atom stereocenters. The number of rotatable bonds is 1. The number of nitrogens with one attached hydrogen (secondary N) is 1. The summed E-state index contributed by atoms with van der Waals surface area (Å²) in [4.78, 5) is 4.57. The van der Waals surface area contributed by atoms with Gasteiger partial charge in [-0.1, -0.05) is 5.16 Å². The van der Waals surface area contributed by atoms with Gasteiger partial charge in [0.25, 0.3) is 0 Å². The Labute approximate surface area is 48.7 Å². The van der Waals surface area contributed by atoms with E-state index in [1.165, 1.54) is 0 Å². The second-order valence-corrected chi connectivity index (χ2v) is 1.77. The Kier molecular flexibility index (Phi) is 1.86. The summed E-state index contributed by atoms with van der Waals surface area (Å²) < 4.78 is 0. The maximum absolute atomic E-state index is 4.57. The Morgan fingerprint density at radius 1 is 1.75 bits per heavy atom. The van der Waals surface area contributed by atoms with Crippen LogP contribution in [0.25, 0.3) is 0 Å². The molecule has 0 aromatic heterocycles. The third kappa shape index (κ3) is 1.20. The van der Waals surface area contributed by atoms with Crippen LogP contribution >= 0.6 is 0 Å². The lowest BCUT2D eigenvalue weighted by Gasteiger charge is -1.88. The molecule has 46 valence electrons. The van der Waals surface area contributed by atoms with Crippen molar-refractivity contribution in [1.82, 2.24) is 5.32 Å². The van der Waals surface area contributed by atoms with Crippen molar-refractivity contribution in [3.05, 3.63) is 0 Å². The predicted molar refractivity (Wildman–Crippen MR) is 31.9 cm³/mol. The highest BCUT2D eigenvalue weighted by atomic mass is 16.6. The summed E-state index contributed by atoms with van der Waals surface area (Å²) in [6, 6.07) is 0. The molecule has 3 heteroatoms. The normalized spacial score (nSPS) is 24.4. The van der Waals surface area contributed by atoms with E-state index in [2.05, 4.69) is 15.3 Å². The van der Waals surface area contributed by atoms with Crippen molar-refractivity contribution in [2.75, 3.05) is 20.2 Å². The average Bonchev–Trinajstić information content (AvgIpc) is 2.19. The molecule has 0 radical (unpaired) electrons. The summed E-state index contributed by atoms with van der Waals surface area (Å²) in [5, 5.41) is 6.92. The van der Waals surface area contributed by atoms with Crippen molar-refractivity contribution in [2.24, 2.45) is 5.16 Å². The van der Waals surface area contributed by atoms with E-state index >= 15 is 0 Å². The van der Waals surface area contributed by atoms with E-state index in [0.29, 0.717) is 0 Å². The topological polar surface area (TPSA) is 33.6 Å². The first kappa shape index (κ1) is 5.56. The first-order chi connectivity index (χ1) is 3.93. The summed E-state index contributed by atoms with van der Waals surface area (Å²) in [6.07, 6.45) is 1.04. The zero-order valence-corrected chi connectivity index (χ0v) is 4.98. The first-order valence-corrected chi connectivity index (χ1v) is 2.73. The zero-order chi connectivity index (χ0) is 5.82. The lowest BCUT2D eigenvalue weighted by molar-refractivity contribution is 0.212. The standard InChI is InChI=1S/C5H10N2O/c1-8-7-5-2-3-6-4-5/h6H,2-4H2,1H3/b7-5+. The van der Waals surface area contributed by atoms with Gasteiger partial charge in [0.15, 0.2) is 0 Å². The molecule has 1 saturated heterocycles. The van der Waals surface area contributed by atoms with E-state index in [9.17, 15) is 0 Å². The summed E-state index contributed by atoms with van der Waals surface area (Å²) in [5.74, 6) is 0. The molecule has 3 nitrogen and oxygen atoms in total. The lowest BCUT2D eigenvalue weighted by Crippen LogP contribution is -2.08. The molecule has 1 fully saturated rings. The molecule has 0 amide bonds. The molecule has 1 rings (SSSR count). The van der Waals surface area contributed by atoms with Crippen molar-refractivity contribution < 1.29 is 4.84 Å². The van der Waals surface area contributed by atoms with E-state index in [4.69, 9.17) is 0 Å². The lowest BCUT2D eigenvalue weighted by atomic mass is 10.3. The molecule has 1 N–H and O–H groups in total. The molecule has 0 saturated carbocycles. The highest BCUT2D eigenvalue weighted by molar-refractivity contribution is 5.87. The van der Waals surface area contributed by atoms with E-state index in [0.717, 1.165) is 25.2 Å². The molecule has 0 bridgehead atoms. The second kappa shape index (κ2) is 2.67. The molecule has 8 heavy (non-hydrogen) atoms. The Balaban J connectivity index is 2.33. The van der Waals surface area contributed by atoms with Crippen LogP contribution < -0.4 is 5.32 Å². The van der Waals surface area contributed by atoms with Crippen LogP contribution in [0.2, 0.25) is 0 Å². The molecule has 0 aromatic rings.